The molecule has 0 aromatic heterocycles. The average Bonchev–Trinajstić information content (AvgIpc) is 2.90. The van der Waals surface area contributed by atoms with Gasteiger partial charge in [-0.15, -0.1) is 0 Å². The summed E-state index contributed by atoms with van der Waals surface area (Å²) in [6, 6.07) is 5.37. The van der Waals surface area contributed by atoms with Gasteiger partial charge in [0.15, 0.2) is 6.10 Å². The van der Waals surface area contributed by atoms with E-state index in [0.717, 1.165) is 31.6 Å². The van der Waals surface area contributed by atoms with Crippen LogP contribution >= 0.6 is 11.6 Å². The summed E-state index contributed by atoms with van der Waals surface area (Å²) in [5, 5.41) is 10.4. The van der Waals surface area contributed by atoms with Crippen LogP contribution in [0.3, 0.4) is 0 Å². The summed E-state index contributed by atoms with van der Waals surface area (Å²) in [4.78, 5) is 13.6. The Morgan fingerprint density at radius 1 is 1.44 bits per heavy atom. The molecule has 1 aliphatic heterocycles. The zero-order chi connectivity index (χ0) is 13.1. The second kappa shape index (κ2) is 5.59. The zero-order valence-electron chi connectivity index (χ0n) is 10.2. The Morgan fingerprint density at radius 2 is 2.11 bits per heavy atom. The van der Waals surface area contributed by atoms with Gasteiger partial charge in [0.1, 0.15) is 0 Å². The number of aliphatic hydroxyl groups excluding tert-OH is 1. The maximum atomic E-state index is 11.5. The summed E-state index contributed by atoms with van der Waals surface area (Å²) in [6.45, 7) is 1.84. The van der Waals surface area contributed by atoms with Gasteiger partial charge in [0.05, 0.1) is 7.11 Å². The Bertz CT molecular complexity index is 444. The molecule has 5 heteroatoms. The molecule has 4 nitrogen and oxygen atoms in total. The number of carbonyl (C=O) groups is 1. The normalized spacial score (nSPS) is 16.7. The summed E-state index contributed by atoms with van der Waals surface area (Å²) < 4.78 is 4.57. The van der Waals surface area contributed by atoms with E-state index in [9.17, 15) is 9.90 Å². The molecular formula is C13H16ClNO3. The molecule has 2 rings (SSSR count). The van der Waals surface area contributed by atoms with Crippen LogP contribution in [0.25, 0.3) is 0 Å². The standard InChI is InChI=1S/C13H16ClNO3/c1-18-13(17)12(16)11-9(14)5-4-6-10(11)15-7-2-3-8-15/h4-6,12,16H,2-3,7-8H2,1H3. The number of ether oxygens (including phenoxy) is 1. The van der Waals surface area contributed by atoms with E-state index in [1.54, 1.807) is 6.07 Å². The van der Waals surface area contributed by atoms with Crippen LogP contribution in [0.4, 0.5) is 5.69 Å². The van der Waals surface area contributed by atoms with E-state index in [1.165, 1.54) is 7.11 Å². The highest BCUT2D eigenvalue weighted by molar-refractivity contribution is 6.32. The number of benzene rings is 1. The third-order valence-electron chi connectivity index (χ3n) is 3.17. The predicted molar refractivity (Wildman–Crippen MR) is 69.9 cm³/mol. The van der Waals surface area contributed by atoms with Crippen molar-refractivity contribution in [2.45, 2.75) is 18.9 Å². The molecule has 98 valence electrons. The van der Waals surface area contributed by atoms with Gasteiger partial charge in [-0.1, -0.05) is 17.7 Å². The quantitative estimate of drug-likeness (QED) is 0.855. The van der Waals surface area contributed by atoms with E-state index >= 15 is 0 Å². The minimum absolute atomic E-state index is 0.386. The van der Waals surface area contributed by atoms with Crippen LogP contribution in [0.5, 0.6) is 0 Å². The fourth-order valence-corrected chi connectivity index (χ4v) is 2.53. The van der Waals surface area contributed by atoms with E-state index in [4.69, 9.17) is 11.6 Å². The summed E-state index contributed by atoms with van der Waals surface area (Å²) in [5.74, 6) is -0.691. The van der Waals surface area contributed by atoms with Gasteiger partial charge in [-0.3, -0.25) is 0 Å². The summed E-state index contributed by atoms with van der Waals surface area (Å²) >= 11 is 6.11. The van der Waals surface area contributed by atoms with Gasteiger partial charge in [0.2, 0.25) is 0 Å². The minimum atomic E-state index is -1.33. The maximum Gasteiger partial charge on any atom is 0.339 e. The van der Waals surface area contributed by atoms with Crippen molar-refractivity contribution in [3.63, 3.8) is 0 Å². The lowest BCUT2D eigenvalue weighted by Crippen LogP contribution is -2.23. The largest absolute Gasteiger partial charge is 0.467 e. The number of nitrogens with zero attached hydrogens (tertiary/aromatic N) is 1. The van der Waals surface area contributed by atoms with Crippen LogP contribution in [0, 0.1) is 0 Å². The van der Waals surface area contributed by atoms with Crippen molar-refractivity contribution in [2.75, 3.05) is 25.1 Å². The highest BCUT2D eigenvalue weighted by Gasteiger charge is 2.27. The van der Waals surface area contributed by atoms with Gasteiger partial charge in [0.25, 0.3) is 0 Å². The minimum Gasteiger partial charge on any atom is -0.467 e. The van der Waals surface area contributed by atoms with Crippen molar-refractivity contribution in [1.29, 1.82) is 0 Å². The fourth-order valence-electron chi connectivity index (χ4n) is 2.26. The van der Waals surface area contributed by atoms with E-state index in [0.29, 0.717) is 10.6 Å². The molecule has 0 bridgehead atoms. The highest BCUT2D eigenvalue weighted by atomic mass is 35.5. The molecule has 1 atom stereocenters. The Morgan fingerprint density at radius 3 is 2.72 bits per heavy atom. The molecule has 1 heterocycles. The van der Waals surface area contributed by atoms with Crippen molar-refractivity contribution in [1.82, 2.24) is 0 Å². The van der Waals surface area contributed by atoms with E-state index in [1.807, 2.05) is 12.1 Å². The molecule has 1 aromatic carbocycles. The second-order valence-electron chi connectivity index (χ2n) is 4.29. The lowest BCUT2D eigenvalue weighted by Gasteiger charge is -2.23. The van der Waals surface area contributed by atoms with Gasteiger partial charge in [0, 0.05) is 29.4 Å². The number of methoxy groups -OCH3 is 1. The Balaban J connectivity index is 2.40. The fraction of sp³-hybridized carbons (Fsp3) is 0.462. The molecule has 0 aliphatic carbocycles. The molecule has 1 aromatic rings. The molecule has 1 unspecified atom stereocenters. The van der Waals surface area contributed by atoms with E-state index < -0.39 is 12.1 Å². The maximum absolute atomic E-state index is 11.5. The SMILES string of the molecule is COC(=O)C(O)c1c(Cl)cccc1N1CCCC1. The first kappa shape index (κ1) is 13.2. The summed E-state index contributed by atoms with van der Waals surface area (Å²) in [5.41, 5.74) is 1.26. The number of carbonyl (C=O) groups excluding carboxylic acids is 1. The monoisotopic (exact) mass is 269 g/mol. The highest BCUT2D eigenvalue weighted by Crippen LogP contribution is 2.35. The summed E-state index contributed by atoms with van der Waals surface area (Å²) in [6.07, 6.45) is 0.889. The van der Waals surface area contributed by atoms with E-state index in [-0.39, 0.29) is 0 Å². The van der Waals surface area contributed by atoms with Gasteiger partial charge >= 0.3 is 5.97 Å². The molecule has 0 radical (unpaired) electrons. The van der Waals surface area contributed by atoms with Crippen molar-refractivity contribution in [3.8, 4) is 0 Å². The lowest BCUT2D eigenvalue weighted by molar-refractivity contribution is -0.150. The zero-order valence-corrected chi connectivity index (χ0v) is 11.0. The number of rotatable bonds is 3. The van der Waals surface area contributed by atoms with Gasteiger partial charge < -0.3 is 14.7 Å². The molecule has 1 fully saturated rings. The Labute approximate surface area is 111 Å². The number of aliphatic hydroxyl groups is 1. The van der Waals surface area contributed by atoms with Crippen LogP contribution in [-0.4, -0.2) is 31.3 Å². The molecule has 0 saturated carbocycles. The lowest BCUT2D eigenvalue weighted by atomic mass is 10.1. The Kier molecular flexibility index (Phi) is 4.09. The third-order valence-corrected chi connectivity index (χ3v) is 3.50. The second-order valence-corrected chi connectivity index (χ2v) is 4.70. The Hall–Kier alpha value is -1.26. The van der Waals surface area contributed by atoms with Crippen LogP contribution in [0.1, 0.15) is 24.5 Å². The molecule has 18 heavy (non-hydrogen) atoms. The number of hydrogen-bond donors (Lipinski definition) is 1. The van der Waals surface area contributed by atoms with Crippen LogP contribution < -0.4 is 4.90 Å². The van der Waals surface area contributed by atoms with Crippen LogP contribution in [-0.2, 0) is 9.53 Å². The van der Waals surface area contributed by atoms with Crippen molar-refractivity contribution in [3.05, 3.63) is 28.8 Å². The predicted octanol–water partition coefficient (Wildman–Crippen LogP) is 2.15. The smallest absolute Gasteiger partial charge is 0.339 e. The molecular weight excluding hydrogens is 254 g/mol. The summed E-state index contributed by atoms with van der Waals surface area (Å²) in [7, 11) is 1.25. The van der Waals surface area contributed by atoms with Gasteiger partial charge in [-0.2, -0.15) is 0 Å². The molecule has 0 spiro atoms. The van der Waals surface area contributed by atoms with Crippen molar-refractivity contribution < 1.29 is 14.6 Å². The molecule has 1 saturated heterocycles. The first-order valence-electron chi connectivity index (χ1n) is 5.94. The molecule has 1 aliphatic rings. The number of hydrogen-bond acceptors (Lipinski definition) is 4. The van der Waals surface area contributed by atoms with Crippen molar-refractivity contribution in [2.24, 2.45) is 0 Å². The molecule has 0 amide bonds. The van der Waals surface area contributed by atoms with Crippen molar-refractivity contribution >= 4 is 23.3 Å². The number of esters is 1. The number of anilines is 1. The third kappa shape index (κ3) is 2.44. The van der Waals surface area contributed by atoms with Gasteiger partial charge in [-0.25, -0.2) is 4.79 Å². The van der Waals surface area contributed by atoms with Crippen LogP contribution in [0.15, 0.2) is 18.2 Å². The van der Waals surface area contributed by atoms with Gasteiger partial charge in [-0.05, 0) is 25.0 Å². The first-order valence-corrected chi connectivity index (χ1v) is 6.32. The average molecular weight is 270 g/mol. The molecule has 1 N–H and O–H groups in total. The van der Waals surface area contributed by atoms with Crippen LogP contribution in [0.2, 0.25) is 5.02 Å². The first-order chi connectivity index (χ1) is 8.65. The van der Waals surface area contributed by atoms with E-state index in [2.05, 4.69) is 9.64 Å². The number of halogens is 1. The topological polar surface area (TPSA) is 49.8 Å².